The maximum atomic E-state index is 12.6. The largest absolute Gasteiger partial charge is 0.508 e. The first-order chi connectivity index (χ1) is 13.0. The highest BCUT2D eigenvalue weighted by Gasteiger charge is 2.20. The van der Waals surface area contributed by atoms with Gasteiger partial charge in [-0.05, 0) is 29.3 Å². The molecule has 0 aromatic heterocycles. The van der Waals surface area contributed by atoms with E-state index in [-0.39, 0.29) is 36.3 Å². The third-order valence-electron chi connectivity index (χ3n) is 4.42. The maximum Gasteiger partial charge on any atom is 0.221 e. The zero-order valence-electron chi connectivity index (χ0n) is 14.6. The molecule has 3 rings (SSSR count). The van der Waals surface area contributed by atoms with Gasteiger partial charge in [-0.3, -0.25) is 4.79 Å². The van der Waals surface area contributed by atoms with E-state index >= 15 is 0 Å². The Hall–Kier alpha value is -2.98. The van der Waals surface area contributed by atoms with Gasteiger partial charge in [-0.2, -0.15) is 0 Å². The fraction of sp³-hybridized carbons (Fsp3) is 0.136. The second-order valence-electron chi connectivity index (χ2n) is 6.28. The molecule has 4 nitrogen and oxygen atoms in total. The molecular formula is C22H20ClNO3. The Balaban J connectivity index is 1.76. The predicted molar refractivity (Wildman–Crippen MR) is 106 cm³/mol. The third kappa shape index (κ3) is 4.80. The van der Waals surface area contributed by atoms with Crippen LogP contribution in [0.15, 0.2) is 72.8 Å². The molecule has 0 bridgehead atoms. The van der Waals surface area contributed by atoms with Gasteiger partial charge in [-0.25, -0.2) is 0 Å². The third-order valence-corrected chi connectivity index (χ3v) is 4.76. The lowest BCUT2D eigenvalue weighted by atomic mass is 9.88. The van der Waals surface area contributed by atoms with Gasteiger partial charge in [0.1, 0.15) is 11.5 Å². The van der Waals surface area contributed by atoms with E-state index in [1.54, 1.807) is 6.07 Å². The molecule has 0 aliphatic carbocycles. The Morgan fingerprint density at radius 2 is 1.67 bits per heavy atom. The first-order valence-corrected chi connectivity index (χ1v) is 8.99. The van der Waals surface area contributed by atoms with Crippen LogP contribution in [0.1, 0.15) is 29.0 Å². The molecule has 0 saturated heterocycles. The number of halogens is 1. The number of phenolic OH excluding ortho intramolecular Hbond substituents is 2. The van der Waals surface area contributed by atoms with Crippen molar-refractivity contribution < 1.29 is 15.0 Å². The van der Waals surface area contributed by atoms with Crippen molar-refractivity contribution in [2.45, 2.75) is 18.9 Å². The van der Waals surface area contributed by atoms with Crippen LogP contribution in [0.2, 0.25) is 5.02 Å². The summed E-state index contributed by atoms with van der Waals surface area (Å²) in [6, 6.07) is 21.6. The Morgan fingerprint density at radius 3 is 2.37 bits per heavy atom. The fourth-order valence-electron chi connectivity index (χ4n) is 3.00. The number of nitrogens with one attached hydrogen (secondary N) is 1. The molecule has 138 valence electrons. The first-order valence-electron chi connectivity index (χ1n) is 8.61. The van der Waals surface area contributed by atoms with Crippen LogP contribution in [-0.4, -0.2) is 16.1 Å². The number of hydrogen-bond donors (Lipinski definition) is 3. The Labute approximate surface area is 163 Å². The summed E-state index contributed by atoms with van der Waals surface area (Å²) in [7, 11) is 0. The van der Waals surface area contributed by atoms with E-state index in [1.807, 2.05) is 54.6 Å². The summed E-state index contributed by atoms with van der Waals surface area (Å²) in [5.74, 6) is -0.406. The lowest BCUT2D eigenvalue weighted by molar-refractivity contribution is -0.121. The summed E-state index contributed by atoms with van der Waals surface area (Å²) in [5.41, 5.74) is 2.44. The van der Waals surface area contributed by atoms with Crippen molar-refractivity contribution in [1.29, 1.82) is 0 Å². The molecule has 1 amide bonds. The van der Waals surface area contributed by atoms with Crippen molar-refractivity contribution in [3.8, 4) is 11.5 Å². The van der Waals surface area contributed by atoms with Gasteiger partial charge >= 0.3 is 0 Å². The standard InChI is InChI=1S/C22H20ClNO3/c23-20-9-5-4-8-18(20)19(15-6-2-1-3-7-15)13-22(27)24-14-16-10-11-17(25)12-21(16)26/h1-12,19,25-26H,13-14H2,(H,24,27). The smallest absolute Gasteiger partial charge is 0.221 e. The van der Waals surface area contributed by atoms with E-state index in [9.17, 15) is 15.0 Å². The molecule has 0 heterocycles. The van der Waals surface area contributed by atoms with Gasteiger partial charge in [0.15, 0.2) is 0 Å². The van der Waals surface area contributed by atoms with E-state index < -0.39 is 0 Å². The Bertz CT molecular complexity index is 928. The van der Waals surface area contributed by atoms with Crippen LogP contribution in [0.3, 0.4) is 0 Å². The van der Waals surface area contributed by atoms with Gasteiger partial charge < -0.3 is 15.5 Å². The van der Waals surface area contributed by atoms with Crippen LogP contribution in [-0.2, 0) is 11.3 Å². The minimum atomic E-state index is -0.173. The molecule has 27 heavy (non-hydrogen) atoms. The number of carbonyl (C=O) groups excluding carboxylic acids is 1. The zero-order valence-corrected chi connectivity index (χ0v) is 15.4. The van der Waals surface area contributed by atoms with Gasteiger partial charge in [0, 0.05) is 35.5 Å². The van der Waals surface area contributed by atoms with Crippen molar-refractivity contribution in [2.24, 2.45) is 0 Å². The van der Waals surface area contributed by atoms with Crippen molar-refractivity contribution in [2.75, 3.05) is 0 Å². The van der Waals surface area contributed by atoms with Gasteiger partial charge in [0.2, 0.25) is 5.91 Å². The van der Waals surface area contributed by atoms with Crippen LogP contribution in [0.4, 0.5) is 0 Å². The Kier molecular flexibility index (Phi) is 5.99. The number of phenols is 2. The summed E-state index contributed by atoms with van der Waals surface area (Å²) < 4.78 is 0. The molecule has 3 N–H and O–H groups in total. The van der Waals surface area contributed by atoms with E-state index in [1.165, 1.54) is 12.1 Å². The molecule has 0 saturated carbocycles. The quantitative estimate of drug-likeness (QED) is 0.585. The summed E-state index contributed by atoms with van der Waals surface area (Å²) in [6.07, 6.45) is 0.229. The highest BCUT2D eigenvalue weighted by molar-refractivity contribution is 6.31. The second-order valence-corrected chi connectivity index (χ2v) is 6.69. The SMILES string of the molecule is O=C(CC(c1ccccc1)c1ccccc1Cl)NCc1ccc(O)cc1O. The fourth-order valence-corrected chi connectivity index (χ4v) is 3.27. The zero-order chi connectivity index (χ0) is 19.2. The van der Waals surface area contributed by atoms with Crippen molar-refractivity contribution >= 4 is 17.5 Å². The van der Waals surface area contributed by atoms with E-state index in [2.05, 4.69) is 5.32 Å². The van der Waals surface area contributed by atoms with Gasteiger partial charge in [0.05, 0.1) is 0 Å². The molecule has 5 heteroatoms. The second kappa shape index (κ2) is 8.60. The van der Waals surface area contributed by atoms with E-state index in [0.717, 1.165) is 11.1 Å². The molecular weight excluding hydrogens is 362 g/mol. The molecule has 1 unspecified atom stereocenters. The van der Waals surface area contributed by atoms with Crippen LogP contribution in [0, 0.1) is 0 Å². The van der Waals surface area contributed by atoms with Gasteiger partial charge in [-0.15, -0.1) is 0 Å². The van der Waals surface area contributed by atoms with Crippen molar-refractivity contribution in [3.63, 3.8) is 0 Å². The molecule has 3 aromatic rings. The van der Waals surface area contributed by atoms with Crippen LogP contribution < -0.4 is 5.32 Å². The summed E-state index contributed by atoms with van der Waals surface area (Å²) in [5, 5.41) is 22.6. The van der Waals surface area contributed by atoms with Crippen LogP contribution in [0.25, 0.3) is 0 Å². The van der Waals surface area contributed by atoms with E-state index in [0.29, 0.717) is 10.6 Å². The van der Waals surface area contributed by atoms with Crippen molar-refractivity contribution in [3.05, 3.63) is 94.5 Å². The van der Waals surface area contributed by atoms with Crippen LogP contribution >= 0.6 is 11.6 Å². The number of rotatable bonds is 6. The summed E-state index contributed by atoms with van der Waals surface area (Å²) in [4.78, 5) is 12.6. The highest BCUT2D eigenvalue weighted by Crippen LogP contribution is 2.33. The number of hydrogen-bond acceptors (Lipinski definition) is 3. The topological polar surface area (TPSA) is 69.6 Å². The molecule has 0 fully saturated rings. The minimum Gasteiger partial charge on any atom is -0.508 e. The van der Waals surface area contributed by atoms with E-state index in [4.69, 9.17) is 11.6 Å². The lowest BCUT2D eigenvalue weighted by Crippen LogP contribution is -2.25. The number of benzene rings is 3. The molecule has 0 radical (unpaired) electrons. The first kappa shape index (κ1) is 18.8. The minimum absolute atomic E-state index is 0.0227. The average molecular weight is 382 g/mol. The van der Waals surface area contributed by atoms with Crippen LogP contribution in [0.5, 0.6) is 11.5 Å². The maximum absolute atomic E-state index is 12.6. The summed E-state index contributed by atoms with van der Waals surface area (Å²) >= 11 is 6.37. The normalized spacial score (nSPS) is 11.7. The summed E-state index contributed by atoms with van der Waals surface area (Å²) in [6.45, 7) is 0.176. The predicted octanol–water partition coefficient (Wildman–Crippen LogP) is 4.59. The molecule has 1 atom stereocenters. The molecule has 0 aliphatic rings. The molecule has 0 spiro atoms. The average Bonchev–Trinajstić information content (AvgIpc) is 2.67. The molecule has 3 aromatic carbocycles. The molecule has 0 aliphatic heterocycles. The number of carbonyl (C=O) groups is 1. The van der Waals surface area contributed by atoms with Gasteiger partial charge in [-0.1, -0.05) is 60.1 Å². The van der Waals surface area contributed by atoms with Crippen molar-refractivity contribution in [1.82, 2.24) is 5.32 Å². The lowest BCUT2D eigenvalue weighted by Gasteiger charge is -2.19. The highest BCUT2D eigenvalue weighted by atomic mass is 35.5. The van der Waals surface area contributed by atoms with Gasteiger partial charge in [0.25, 0.3) is 0 Å². The Morgan fingerprint density at radius 1 is 0.963 bits per heavy atom. The number of aromatic hydroxyl groups is 2. The monoisotopic (exact) mass is 381 g/mol. The number of amides is 1.